The second-order valence-electron chi connectivity index (χ2n) is 3.37. The van der Waals surface area contributed by atoms with E-state index in [1.165, 1.54) is 37.2 Å². The Bertz CT molecular complexity index is 445. The molecular weight excluding hydrogens is 224 g/mol. The number of carbonyl (C=O) groups is 2. The normalized spacial score (nSPS) is 9.82. The zero-order valence-corrected chi connectivity index (χ0v) is 9.97. The number of pyridine rings is 1. The van der Waals surface area contributed by atoms with E-state index in [0.29, 0.717) is 4.73 Å². The number of hydrogen-bond acceptors (Lipinski definition) is 4. The summed E-state index contributed by atoms with van der Waals surface area (Å²) in [5.74, 6) is -1.02. The van der Waals surface area contributed by atoms with Gasteiger partial charge in [0.25, 0.3) is 0 Å². The summed E-state index contributed by atoms with van der Waals surface area (Å²) in [7, 11) is 1.49. The first kappa shape index (κ1) is 13.0. The highest BCUT2D eigenvalue weighted by molar-refractivity contribution is 5.99. The third-order valence-corrected chi connectivity index (χ3v) is 2.24. The molecule has 0 unspecified atom stereocenters. The molecule has 0 atom stereocenters. The van der Waals surface area contributed by atoms with Gasteiger partial charge in [-0.1, -0.05) is 0 Å². The molecule has 0 radical (unpaired) electrons. The third-order valence-electron chi connectivity index (χ3n) is 2.24. The summed E-state index contributed by atoms with van der Waals surface area (Å²) in [5.41, 5.74) is 0.0421. The van der Waals surface area contributed by atoms with Crippen LogP contribution in [0.2, 0.25) is 0 Å². The molecule has 0 bridgehead atoms. The van der Waals surface area contributed by atoms with E-state index >= 15 is 0 Å². The summed E-state index contributed by atoms with van der Waals surface area (Å²) < 4.78 is 5.18. The highest BCUT2D eigenvalue weighted by Gasteiger charge is 2.26. The van der Waals surface area contributed by atoms with Gasteiger partial charge in [-0.25, -0.2) is 4.79 Å². The van der Waals surface area contributed by atoms with Gasteiger partial charge in [0.05, 0.1) is 6.61 Å². The van der Waals surface area contributed by atoms with E-state index in [1.807, 2.05) is 0 Å². The molecule has 0 spiro atoms. The fourth-order valence-corrected chi connectivity index (χ4v) is 1.31. The van der Waals surface area contributed by atoms with Crippen molar-refractivity contribution in [1.82, 2.24) is 0 Å². The highest BCUT2D eigenvalue weighted by atomic mass is 16.5. The van der Waals surface area contributed by atoms with Crippen molar-refractivity contribution in [2.75, 3.05) is 18.6 Å². The van der Waals surface area contributed by atoms with E-state index < -0.39 is 5.97 Å². The van der Waals surface area contributed by atoms with Crippen LogP contribution in [0.5, 0.6) is 0 Å². The maximum Gasteiger partial charge on any atom is 0.407 e. The summed E-state index contributed by atoms with van der Waals surface area (Å²) in [6, 6.07) is 2.98. The molecule has 6 heteroatoms. The number of ether oxygens (including phenoxy) is 1. The number of amides is 1. The molecule has 0 aromatic carbocycles. The Morgan fingerprint density at radius 2 is 2.18 bits per heavy atom. The third kappa shape index (κ3) is 2.72. The zero-order chi connectivity index (χ0) is 13.0. The Hall–Kier alpha value is -2.11. The Balaban J connectivity index is 3.26. The van der Waals surface area contributed by atoms with Gasteiger partial charge >= 0.3 is 11.7 Å². The molecule has 1 aromatic heterocycles. The number of rotatable bonds is 3. The molecule has 0 fully saturated rings. The van der Waals surface area contributed by atoms with Gasteiger partial charge in [-0.05, 0) is 13.0 Å². The van der Waals surface area contributed by atoms with Gasteiger partial charge in [-0.2, -0.15) is 4.73 Å². The number of carbonyl (C=O) groups excluding carboxylic acids is 2. The lowest BCUT2D eigenvalue weighted by Gasteiger charge is -2.16. The lowest BCUT2D eigenvalue weighted by molar-refractivity contribution is -0.607. The molecule has 1 rings (SSSR count). The monoisotopic (exact) mass is 238 g/mol. The molecule has 0 N–H and O–H groups in total. The molecule has 1 amide bonds. The molecule has 1 heterocycles. The van der Waals surface area contributed by atoms with Crippen LogP contribution in [0.4, 0.5) is 5.69 Å². The lowest BCUT2D eigenvalue weighted by atomic mass is 10.2. The van der Waals surface area contributed by atoms with Crippen molar-refractivity contribution in [2.45, 2.75) is 13.8 Å². The lowest BCUT2D eigenvalue weighted by Crippen LogP contribution is -2.38. The van der Waals surface area contributed by atoms with Crippen LogP contribution in [-0.2, 0) is 9.53 Å². The number of nitrogens with zero attached hydrogens (tertiary/aromatic N) is 2. The maximum atomic E-state index is 11.6. The largest absolute Gasteiger partial charge is 0.618 e. The molecule has 0 aliphatic rings. The van der Waals surface area contributed by atoms with Gasteiger partial charge in [0, 0.05) is 20.0 Å². The van der Waals surface area contributed by atoms with Crippen molar-refractivity contribution in [3.8, 4) is 0 Å². The number of aromatic nitrogens is 1. The van der Waals surface area contributed by atoms with Gasteiger partial charge in [-0.15, -0.1) is 0 Å². The van der Waals surface area contributed by atoms with Gasteiger partial charge in [0.15, 0.2) is 6.20 Å². The quantitative estimate of drug-likeness (QED) is 0.436. The molecular formula is C11H14N2O4. The summed E-state index contributed by atoms with van der Waals surface area (Å²) in [6.45, 7) is 3.15. The zero-order valence-electron chi connectivity index (χ0n) is 9.97. The first-order valence-electron chi connectivity index (χ1n) is 5.12. The van der Waals surface area contributed by atoms with Crippen LogP contribution in [0.15, 0.2) is 18.3 Å². The first-order chi connectivity index (χ1) is 7.99. The van der Waals surface area contributed by atoms with Crippen molar-refractivity contribution < 1.29 is 19.1 Å². The Morgan fingerprint density at radius 1 is 1.53 bits per heavy atom. The van der Waals surface area contributed by atoms with Gasteiger partial charge in [-0.3, -0.25) is 4.79 Å². The smallest absolute Gasteiger partial charge is 0.407 e. The van der Waals surface area contributed by atoms with Gasteiger partial charge < -0.3 is 14.8 Å². The minimum absolute atomic E-state index is 0.164. The van der Waals surface area contributed by atoms with Crippen LogP contribution >= 0.6 is 0 Å². The van der Waals surface area contributed by atoms with Crippen molar-refractivity contribution in [1.29, 1.82) is 0 Å². The SMILES string of the molecule is CCOC(=O)c1c(N(C)C(C)=O)ccc[n+]1[O-]. The number of hydrogen-bond donors (Lipinski definition) is 0. The van der Waals surface area contributed by atoms with Crippen molar-refractivity contribution in [3.05, 3.63) is 29.2 Å². The van der Waals surface area contributed by atoms with Crippen molar-refractivity contribution >= 4 is 17.6 Å². The average Bonchev–Trinajstić information content (AvgIpc) is 2.27. The highest BCUT2D eigenvalue weighted by Crippen LogP contribution is 2.16. The van der Waals surface area contributed by atoms with Crippen LogP contribution in [0.25, 0.3) is 0 Å². The van der Waals surface area contributed by atoms with E-state index in [9.17, 15) is 14.8 Å². The number of anilines is 1. The van der Waals surface area contributed by atoms with Crippen LogP contribution in [0, 0.1) is 5.21 Å². The average molecular weight is 238 g/mol. The Morgan fingerprint density at radius 3 is 2.71 bits per heavy atom. The van der Waals surface area contributed by atoms with E-state index in [2.05, 4.69) is 0 Å². The molecule has 6 nitrogen and oxygen atoms in total. The Kier molecular flexibility index (Phi) is 4.03. The first-order valence-corrected chi connectivity index (χ1v) is 5.12. The topological polar surface area (TPSA) is 73.5 Å². The van der Waals surface area contributed by atoms with Gasteiger partial charge in [0.2, 0.25) is 5.91 Å². The summed E-state index contributed by atoms with van der Waals surface area (Å²) in [4.78, 5) is 24.1. The fourth-order valence-electron chi connectivity index (χ4n) is 1.31. The van der Waals surface area contributed by atoms with Crippen molar-refractivity contribution in [3.63, 3.8) is 0 Å². The van der Waals surface area contributed by atoms with E-state index in [0.717, 1.165) is 0 Å². The van der Waals surface area contributed by atoms with Crippen LogP contribution < -0.4 is 9.63 Å². The van der Waals surface area contributed by atoms with E-state index in [4.69, 9.17) is 4.74 Å². The maximum absolute atomic E-state index is 11.6. The van der Waals surface area contributed by atoms with E-state index in [1.54, 1.807) is 6.92 Å². The fraction of sp³-hybridized carbons (Fsp3) is 0.364. The summed E-state index contributed by atoms with van der Waals surface area (Å²) in [5, 5.41) is 11.6. The predicted octanol–water partition coefficient (Wildman–Crippen LogP) is 0.479. The standard InChI is InChI=1S/C11H14N2O4/c1-4-17-11(15)10-9(12(3)8(2)14)6-5-7-13(10)16/h5-7H,4H2,1-3H3. The molecule has 17 heavy (non-hydrogen) atoms. The molecule has 1 aromatic rings. The van der Waals surface area contributed by atoms with Crippen LogP contribution in [-0.4, -0.2) is 25.5 Å². The molecule has 92 valence electrons. The van der Waals surface area contributed by atoms with Crippen LogP contribution in [0.3, 0.4) is 0 Å². The molecule has 0 saturated carbocycles. The Labute approximate surface area is 99.0 Å². The second kappa shape index (κ2) is 5.29. The molecule has 0 saturated heterocycles. The van der Waals surface area contributed by atoms with E-state index in [-0.39, 0.29) is 23.9 Å². The summed E-state index contributed by atoms with van der Waals surface area (Å²) >= 11 is 0. The number of esters is 1. The molecule has 0 aliphatic carbocycles. The molecule has 0 aliphatic heterocycles. The predicted molar refractivity (Wildman–Crippen MR) is 60.4 cm³/mol. The van der Waals surface area contributed by atoms with Crippen LogP contribution in [0.1, 0.15) is 24.3 Å². The second-order valence-corrected chi connectivity index (χ2v) is 3.37. The van der Waals surface area contributed by atoms with Crippen molar-refractivity contribution in [2.24, 2.45) is 0 Å². The summed E-state index contributed by atoms with van der Waals surface area (Å²) in [6.07, 6.45) is 1.18. The minimum atomic E-state index is -0.744. The van der Waals surface area contributed by atoms with Gasteiger partial charge in [0.1, 0.15) is 5.69 Å². The minimum Gasteiger partial charge on any atom is -0.618 e.